The third-order valence-corrected chi connectivity index (χ3v) is 16.8. The summed E-state index contributed by atoms with van der Waals surface area (Å²) in [4.78, 5) is 0. The van der Waals surface area contributed by atoms with Crippen LogP contribution in [0.1, 0.15) is 105 Å². The lowest BCUT2D eigenvalue weighted by atomic mass is 9.75. The molecule has 0 atom stereocenters. The van der Waals surface area contributed by atoms with Gasteiger partial charge in [0.2, 0.25) is 0 Å². The van der Waals surface area contributed by atoms with E-state index in [9.17, 15) is 0 Å². The van der Waals surface area contributed by atoms with E-state index in [0.717, 1.165) is 54.6 Å². The SMILES string of the molecule is CC(C)(C)c1cc(-c2cc(C(C)(C)C)cc(C(C)(C)C)c2OCP(=O)(c2ccccc2)c2ccccc2)c(OCP(=O)(c2ccccc2)c2ccccc2)c(C(C)(C)C)c1. The van der Waals surface area contributed by atoms with Crippen molar-refractivity contribution in [3.63, 3.8) is 0 Å². The van der Waals surface area contributed by atoms with Crippen LogP contribution in [0, 0.1) is 0 Å². The Labute approximate surface area is 360 Å². The third-order valence-electron chi connectivity index (χ3n) is 11.3. The number of rotatable bonds is 11. The molecule has 0 aliphatic heterocycles. The van der Waals surface area contributed by atoms with Gasteiger partial charge in [0.1, 0.15) is 24.2 Å². The summed E-state index contributed by atoms with van der Waals surface area (Å²) in [6.07, 6.45) is -0.0745. The molecule has 0 aliphatic carbocycles. The topological polar surface area (TPSA) is 52.6 Å². The van der Waals surface area contributed by atoms with E-state index in [1.54, 1.807) is 0 Å². The van der Waals surface area contributed by atoms with Gasteiger partial charge in [0.15, 0.2) is 14.3 Å². The fraction of sp³-hybridized carbons (Fsp3) is 0.333. The first-order chi connectivity index (χ1) is 28.0. The Balaban J connectivity index is 1.67. The molecule has 0 bridgehead atoms. The van der Waals surface area contributed by atoms with Gasteiger partial charge in [-0.15, -0.1) is 0 Å². The molecule has 0 amide bonds. The summed E-state index contributed by atoms with van der Waals surface area (Å²) in [5.41, 5.74) is 4.89. The lowest BCUT2D eigenvalue weighted by molar-refractivity contribution is 0.362. The van der Waals surface area contributed by atoms with Gasteiger partial charge in [-0.1, -0.05) is 217 Å². The van der Waals surface area contributed by atoms with Crippen LogP contribution in [0.25, 0.3) is 11.1 Å². The molecule has 0 N–H and O–H groups in total. The summed E-state index contributed by atoms with van der Waals surface area (Å²) >= 11 is 0. The van der Waals surface area contributed by atoms with Crippen molar-refractivity contribution in [3.05, 3.63) is 168 Å². The lowest BCUT2D eigenvalue weighted by Crippen LogP contribution is -2.24. The average molecular weight is 839 g/mol. The van der Waals surface area contributed by atoms with Crippen molar-refractivity contribution in [1.29, 1.82) is 0 Å². The first-order valence-corrected chi connectivity index (χ1v) is 24.9. The van der Waals surface area contributed by atoms with Crippen LogP contribution in [0.4, 0.5) is 0 Å². The summed E-state index contributed by atoms with van der Waals surface area (Å²) in [5, 5.41) is 2.97. The summed E-state index contributed by atoms with van der Waals surface area (Å²) in [7, 11) is -6.59. The van der Waals surface area contributed by atoms with Gasteiger partial charge in [0.05, 0.1) is 0 Å². The average Bonchev–Trinajstić information content (AvgIpc) is 3.21. The highest BCUT2D eigenvalue weighted by molar-refractivity contribution is 7.79. The zero-order valence-electron chi connectivity index (χ0n) is 37.8. The molecule has 0 saturated carbocycles. The van der Waals surface area contributed by atoms with Crippen molar-refractivity contribution in [3.8, 4) is 22.6 Å². The first-order valence-electron chi connectivity index (χ1n) is 21.1. The van der Waals surface area contributed by atoms with Gasteiger partial charge < -0.3 is 18.6 Å². The Morgan fingerprint density at radius 3 is 0.833 bits per heavy atom. The van der Waals surface area contributed by atoms with Gasteiger partial charge in [0, 0.05) is 43.5 Å². The maximum atomic E-state index is 15.6. The molecule has 0 unspecified atom stereocenters. The monoisotopic (exact) mass is 838 g/mol. The highest BCUT2D eigenvalue weighted by Crippen LogP contribution is 2.53. The normalized spacial score (nSPS) is 12.9. The molecule has 6 rings (SSSR count). The van der Waals surface area contributed by atoms with Gasteiger partial charge in [-0.05, 0) is 44.9 Å². The largest absolute Gasteiger partial charge is 0.484 e. The van der Waals surface area contributed by atoms with Crippen LogP contribution in [0.15, 0.2) is 146 Å². The van der Waals surface area contributed by atoms with Gasteiger partial charge in [-0.2, -0.15) is 0 Å². The predicted octanol–water partition coefficient (Wildman–Crippen LogP) is 13.2. The van der Waals surface area contributed by atoms with E-state index in [0.29, 0.717) is 11.5 Å². The number of benzene rings is 6. The van der Waals surface area contributed by atoms with E-state index in [2.05, 4.69) is 107 Å². The van der Waals surface area contributed by atoms with E-state index < -0.39 is 14.3 Å². The van der Waals surface area contributed by atoms with Crippen LogP contribution in [-0.4, -0.2) is 12.7 Å². The molecule has 6 aromatic carbocycles. The van der Waals surface area contributed by atoms with Crippen molar-refractivity contribution in [1.82, 2.24) is 0 Å². The van der Waals surface area contributed by atoms with Crippen LogP contribution in [0.5, 0.6) is 11.5 Å². The molecule has 6 heteroatoms. The van der Waals surface area contributed by atoms with Gasteiger partial charge in [-0.3, -0.25) is 0 Å². The van der Waals surface area contributed by atoms with Crippen LogP contribution < -0.4 is 30.7 Å². The molecule has 60 heavy (non-hydrogen) atoms. The fourth-order valence-corrected chi connectivity index (χ4v) is 12.0. The van der Waals surface area contributed by atoms with E-state index in [4.69, 9.17) is 9.47 Å². The maximum Gasteiger partial charge on any atom is 0.178 e. The van der Waals surface area contributed by atoms with Crippen molar-refractivity contribution in [2.24, 2.45) is 0 Å². The molecule has 0 spiro atoms. The van der Waals surface area contributed by atoms with Crippen LogP contribution in [0.2, 0.25) is 0 Å². The summed E-state index contributed by atoms with van der Waals surface area (Å²) in [6.45, 7) is 26.6. The second-order valence-electron chi connectivity index (χ2n) is 20.2. The van der Waals surface area contributed by atoms with E-state index >= 15 is 9.13 Å². The second kappa shape index (κ2) is 17.0. The van der Waals surface area contributed by atoms with E-state index in [1.165, 1.54) is 0 Å². The van der Waals surface area contributed by atoms with Crippen LogP contribution in [-0.2, 0) is 30.8 Å². The molecule has 0 saturated heterocycles. The minimum Gasteiger partial charge on any atom is -0.484 e. The van der Waals surface area contributed by atoms with Crippen molar-refractivity contribution >= 4 is 35.5 Å². The van der Waals surface area contributed by atoms with Crippen molar-refractivity contribution in [2.75, 3.05) is 12.7 Å². The summed E-state index contributed by atoms with van der Waals surface area (Å²) < 4.78 is 45.5. The Hall–Kier alpha value is -4.62. The van der Waals surface area contributed by atoms with Gasteiger partial charge in [-0.25, -0.2) is 0 Å². The molecule has 6 aromatic rings. The lowest BCUT2D eigenvalue weighted by Gasteiger charge is -2.33. The standard InChI is InChI=1S/C54H64O4P2/c1-51(2,3)39-33-45(49(47(35-39)53(7,8)9)57-37-59(55,41-25-17-13-18-26-41)42-27-19-14-20-28-42)46-34-40(52(4,5)6)36-48(54(10,11)12)50(46)58-38-60(56,43-29-21-15-22-30-43)44-31-23-16-24-32-44/h13-36H,37-38H2,1-12H3. The van der Waals surface area contributed by atoms with Gasteiger partial charge >= 0.3 is 0 Å². The predicted molar refractivity (Wildman–Crippen MR) is 257 cm³/mol. The number of hydrogen-bond donors (Lipinski definition) is 0. The molecule has 314 valence electrons. The fourth-order valence-electron chi connectivity index (χ4n) is 7.53. The molecule has 4 nitrogen and oxygen atoms in total. The zero-order chi connectivity index (χ0) is 43.7. The molecule has 0 radical (unpaired) electrons. The summed E-state index contributed by atoms with van der Waals surface area (Å²) in [6, 6.07) is 47.9. The van der Waals surface area contributed by atoms with Crippen molar-refractivity contribution in [2.45, 2.75) is 105 Å². The molecular formula is C54H64O4P2. The third kappa shape index (κ3) is 9.62. The molecule has 0 heterocycles. The Morgan fingerprint density at radius 1 is 0.367 bits per heavy atom. The molecule has 0 aromatic heterocycles. The van der Waals surface area contributed by atoms with Crippen LogP contribution >= 0.6 is 14.3 Å². The highest BCUT2D eigenvalue weighted by atomic mass is 31.2. The second-order valence-corrected chi connectivity index (χ2v) is 25.7. The maximum absolute atomic E-state index is 15.6. The Kier molecular flexibility index (Phi) is 12.8. The highest BCUT2D eigenvalue weighted by Gasteiger charge is 2.36. The van der Waals surface area contributed by atoms with E-state index in [1.807, 2.05) is 121 Å². The minimum atomic E-state index is -3.29. The Morgan fingerprint density at radius 2 is 0.617 bits per heavy atom. The van der Waals surface area contributed by atoms with Crippen molar-refractivity contribution < 1.29 is 18.6 Å². The minimum absolute atomic E-state index is 0.0372. The smallest absolute Gasteiger partial charge is 0.178 e. The number of hydrogen-bond acceptors (Lipinski definition) is 4. The van der Waals surface area contributed by atoms with Gasteiger partial charge in [0.25, 0.3) is 0 Å². The van der Waals surface area contributed by atoms with E-state index in [-0.39, 0.29) is 34.4 Å². The van der Waals surface area contributed by atoms with Crippen LogP contribution in [0.3, 0.4) is 0 Å². The molecule has 0 fully saturated rings. The molecule has 0 aliphatic rings. The summed E-state index contributed by atoms with van der Waals surface area (Å²) in [5.74, 6) is 1.35. The zero-order valence-corrected chi connectivity index (χ0v) is 39.6. The molecular weight excluding hydrogens is 775 g/mol. The quantitative estimate of drug-likeness (QED) is 0.122. The number of ether oxygens (including phenoxy) is 2. The first kappa shape index (κ1) is 44.9. The Bertz CT molecular complexity index is 2230.